The van der Waals surface area contributed by atoms with E-state index in [1.165, 1.54) is 13.0 Å². The van der Waals surface area contributed by atoms with Gasteiger partial charge in [0.1, 0.15) is 0 Å². The molecule has 0 fully saturated rings. The third kappa shape index (κ3) is 5.51. The van der Waals surface area contributed by atoms with Crippen molar-refractivity contribution >= 4 is 11.9 Å². The van der Waals surface area contributed by atoms with Gasteiger partial charge in [-0.25, -0.2) is 9.59 Å². The largest absolute Gasteiger partial charge is 0.501 e. The molecule has 2 N–H and O–H groups in total. The van der Waals surface area contributed by atoms with Gasteiger partial charge in [-0.1, -0.05) is 6.08 Å². The first-order valence-corrected chi connectivity index (χ1v) is 4.43. The Balaban J connectivity index is 4.50. The van der Waals surface area contributed by atoms with E-state index in [0.717, 1.165) is 6.26 Å². The van der Waals surface area contributed by atoms with Crippen LogP contribution >= 0.6 is 0 Å². The highest BCUT2D eigenvalue weighted by atomic mass is 16.5. The molecule has 0 spiro atoms. The van der Waals surface area contributed by atoms with Crippen LogP contribution in [0.1, 0.15) is 20.3 Å². The van der Waals surface area contributed by atoms with Crippen LogP contribution in [0, 0.1) is 0 Å². The van der Waals surface area contributed by atoms with E-state index in [1.807, 2.05) is 0 Å². The molecule has 0 amide bonds. The second kappa shape index (κ2) is 6.64. The van der Waals surface area contributed by atoms with Crippen molar-refractivity contribution in [2.75, 3.05) is 6.61 Å². The van der Waals surface area contributed by atoms with E-state index in [-0.39, 0.29) is 17.6 Å². The molecular weight excluding hydrogens is 200 g/mol. The first kappa shape index (κ1) is 13.2. The molecule has 84 valence electrons. The number of allylic oxidation sites excluding steroid dienone is 1. The monoisotopic (exact) mass is 214 g/mol. The summed E-state index contributed by atoms with van der Waals surface area (Å²) in [7, 11) is 0. The minimum Gasteiger partial charge on any atom is -0.501 e. The average molecular weight is 214 g/mol. The van der Waals surface area contributed by atoms with E-state index in [4.69, 9.17) is 14.9 Å². The molecule has 0 saturated carbocycles. The van der Waals surface area contributed by atoms with Gasteiger partial charge in [0.15, 0.2) is 0 Å². The summed E-state index contributed by atoms with van der Waals surface area (Å²) >= 11 is 0. The highest BCUT2D eigenvalue weighted by molar-refractivity contribution is 5.88. The number of carboxylic acids is 2. The molecule has 0 radical (unpaired) electrons. The Morgan fingerprint density at radius 2 is 1.87 bits per heavy atom. The summed E-state index contributed by atoms with van der Waals surface area (Å²) in [4.78, 5) is 21.1. The number of carbonyl (C=O) groups is 2. The van der Waals surface area contributed by atoms with Crippen molar-refractivity contribution in [1.82, 2.24) is 0 Å². The lowest BCUT2D eigenvalue weighted by atomic mass is 10.1. The molecule has 15 heavy (non-hydrogen) atoms. The van der Waals surface area contributed by atoms with Gasteiger partial charge in [0, 0.05) is 12.0 Å². The fourth-order valence-electron chi connectivity index (χ4n) is 0.720. The van der Waals surface area contributed by atoms with Gasteiger partial charge in [0.2, 0.25) is 0 Å². The topological polar surface area (TPSA) is 83.8 Å². The molecule has 5 heteroatoms. The number of hydrogen-bond donors (Lipinski definition) is 2. The van der Waals surface area contributed by atoms with Crippen LogP contribution < -0.4 is 0 Å². The lowest BCUT2D eigenvalue weighted by Gasteiger charge is -2.00. The molecule has 0 aromatic carbocycles. The van der Waals surface area contributed by atoms with Gasteiger partial charge in [0.25, 0.3) is 0 Å². The Hall–Kier alpha value is -1.78. The van der Waals surface area contributed by atoms with Crippen LogP contribution in [0.25, 0.3) is 0 Å². The molecule has 5 nitrogen and oxygen atoms in total. The molecule has 0 aromatic rings. The fourth-order valence-corrected chi connectivity index (χ4v) is 0.720. The zero-order valence-corrected chi connectivity index (χ0v) is 8.69. The van der Waals surface area contributed by atoms with Gasteiger partial charge in [-0.3, -0.25) is 0 Å². The Morgan fingerprint density at radius 3 is 2.27 bits per heavy atom. The molecular formula is C10H14O5. The van der Waals surface area contributed by atoms with Gasteiger partial charge < -0.3 is 14.9 Å². The smallest absolute Gasteiger partial charge is 0.335 e. The fraction of sp³-hybridized carbons (Fsp3) is 0.400. The van der Waals surface area contributed by atoms with Crippen LogP contribution in [0.2, 0.25) is 0 Å². The number of hydrogen-bond acceptors (Lipinski definition) is 3. The van der Waals surface area contributed by atoms with E-state index in [1.54, 1.807) is 6.92 Å². The van der Waals surface area contributed by atoms with Crippen molar-refractivity contribution < 1.29 is 24.5 Å². The summed E-state index contributed by atoms with van der Waals surface area (Å²) < 4.78 is 4.83. The van der Waals surface area contributed by atoms with E-state index < -0.39 is 11.9 Å². The molecule has 0 aromatic heterocycles. The van der Waals surface area contributed by atoms with Crippen molar-refractivity contribution in [3.05, 3.63) is 23.5 Å². The Kier molecular flexibility index (Phi) is 5.85. The summed E-state index contributed by atoms with van der Waals surface area (Å²) in [6.45, 7) is 3.51. The summed E-state index contributed by atoms with van der Waals surface area (Å²) in [5.41, 5.74) is 0.135. The third-order valence-corrected chi connectivity index (χ3v) is 1.63. The molecule has 0 heterocycles. The number of carboxylic acid groups (broad SMARTS) is 2. The number of ether oxygens (including phenoxy) is 1. The molecule has 0 atom stereocenters. The van der Waals surface area contributed by atoms with Crippen molar-refractivity contribution in [1.29, 1.82) is 0 Å². The van der Waals surface area contributed by atoms with Crippen LogP contribution in [0.3, 0.4) is 0 Å². The third-order valence-electron chi connectivity index (χ3n) is 1.63. The molecule has 0 bridgehead atoms. The van der Waals surface area contributed by atoms with E-state index >= 15 is 0 Å². The van der Waals surface area contributed by atoms with Crippen molar-refractivity contribution in [2.24, 2.45) is 0 Å². The van der Waals surface area contributed by atoms with Gasteiger partial charge in [-0.05, 0) is 13.8 Å². The van der Waals surface area contributed by atoms with Gasteiger partial charge in [-0.2, -0.15) is 0 Å². The quantitative estimate of drug-likeness (QED) is 0.516. The first-order chi connectivity index (χ1) is 6.99. The maximum absolute atomic E-state index is 10.7. The van der Waals surface area contributed by atoms with Gasteiger partial charge >= 0.3 is 11.9 Å². The Bertz CT molecular complexity index is 301. The minimum absolute atomic E-state index is 0.0254. The van der Waals surface area contributed by atoms with Crippen LogP contribution in [-0.2, 0) is 14.3 Å². The zero-order chi connectivity index (χ0) is 11.8. The normalized spacial score (nSPS) is 12.4. The van der Waals surface area contributed by atoms with Crippen LogP contribution in [0.15, 0.2) is 23.5 Å². The molecule has 0 unspecified atom stereocenters. The van der Waals surface area contributed by atoms with Crippen LogP contribution in [-0.4, -0.2) is 28.8 Å². The summed E-state index contributed by atoms with van der Waals surface area (Å²) in [6, 6.07) is 0. The predicted molar refractivity (Wildman–Crippen MR) is 53.4 cm³/mol. The minimum atomic E-state index is -1.11. The van der Waals surface area contributed by atoms with Crippen LogP contribution in [0.4, 0.5) is 0 Å². The van der Waals surface area contributed by atoms with Gasteiger partial charge in [-0.15, -0.1) is 0 Å². The summed E-state index contributed by atoms with van der Waals surface area (Å²) in [5.74, 6) is -2.17. The van der Waals surface area contributed by atoms with Crippen molar-refractivity contribution in [2.45, 2.75) is 20.3 Å². The molecule has 0 aliphatic carbocycles. The Morgan fingerprint density at radius 1 is 1.27 bits per heavy atom. The lowest BCUT2D eigenvalue weighted by molar-refractivity contribution is -0.134. The second-order valence-corrected chi connectivity index (χ2v) is 2.80. The average Bonchev–Trinajstić information content (AvgIpc) is 2.16. The summed E-state index contributed by atoms with van der Waals surface area (Å²) in [5, 5.41) is 17.3. The molecule has 0 aliphatic rings. The van der Waals surface area contributed by atoms with Crippen LogP contribution in [0.5, 0.6) is 0 Å². The zero-order valence-electron chi connectivity index (χ0n) is 8.69. The van der Waals surface area contributed by atoms with E-state index in [0.29, 0.717) is 6.61 Å². The molecule has 0 rings (SSSR count). The van der Waals surface area contributed by atoms with Crippen molar-refractivity contribution in [3.8, 4) is 0 Å². The maximum atomic E-state index is 10.7. The second-order valence-electron chi connectivity index (χ2n) is 2.80. The number of rotatable bonds is 6. The van der Waals surface area contributed by atoms with E-state index in [9.17, 15) is 9.59 Å². The molecule has 0 saturated heterocycles. The van der Waals surface area contributed by atoms with Gasteiger partial charge in [0.05, 0.1) is 18.4 Å². The highest BCUT2D eigenvalue weighted by Gasteiger charge is 2.07. The molecule has 0 aliphatic heterocycles. The Labute approximate surface area is 87.7 Å². The first-order valence-electron chi connectivity index (χ1n) is 4.43. The summed E-state index contributed by atoms with van der Waals surface area (Å²) in [6.07, 6.45) is 2.50. The van der Waals surface area contributed by atoms with E-state index in [2.05, 4.69) is 0 Å². The highest BCUT2D eigenvalue weighted by Crippen LogP contribution is 2.06. The number of aliphatic carboxylic acids is 2. The standard InChI is InChI=1S/C10H14O5/c1-3-15-6-8(10(13)14)5-4-7(2)9(11)12/h4,6H,3,5H2,1-2H3,(H,11,12)(H,13,14). The van der Waals surface area contributed by atoms with Crippen molar-refractivity contribution in [3.63, 3.8) is 0 Å². The lowest BCUT2D eigenvalue weighted by Crippen LogP contribution is -2.02. The predicted octanol–water partition coefficient (Wildman–Crippen LogP) is 1.41. The maximum Gasteiger partial charge on any atom is 0.335 e. The SMILES string of the molecule is CCOC=C(CC=C(C)C(=O)O)C(=O)O.